The first-order chi connectivity index (χ1) is 8.90. The van der Waals surface area contributed by atoms with Crippen molar-refractivity contribution in [2.24, 2.45) is 5.41 Å². The summed E-state index contributed by atoms with van der Waals surface area (Å²) in [5.41, 5.74) is 8.82. The van der Waals surface area contributed by atoms with Crippen LogP contribution in [0.3, 0.4) is 0 Å². The van der Waals surface area contributed by atoms with Gasteiger partial charge in [-0.25, -0.2) is 0 Å². The van der Waals surface area contributed by atoms with Gasteiger partial charge < -0.3 is 10.3 Å². The average Bonchev–Trinajstić information content (AvgIpc) is 2.80. The Labute approximate surface area is 121 Å². The van der Waals surface area contributed by atoms with E-state index in [0.717, 1.165) is 23.2 Å². The van der Waals surface area contributed by atoms with E-state index in [-0.39, 0.29) is 5.41 Å². The Morgan fingerprint density at radius 3 is 2.58 bits per heavy atom. The number of nitrogen functional groups attached to an aromatic ring is 1. The molecule has 1 heterocycles. The first-order valence-corrected chi connectivity index (χ1v) is 6.86. The highest BCUT2D eigenvalue weighted by atomic mass is 35.5. The van der Waals surface area contributed by atoms with Gasteiger partial charge in [0.05, 0.1) is 21.3 Å². The third-order valence-electron chi connectivity index (χ3n) is 3.80. The molecule has 2 N–H and O–H groups in total. The highest BCUT2D eigenvalue weighted by Gasteiger charge is 2.49. The Bertz CT molecular complexity index is 649. The molecule has 1 atom stereocenters. The Balaban J connectivity index is 2.09. The maximum Gasteiger partial charge on any atom is 0.230 e. The van der Waals surface area contributed by atoms with Crippen LogP contribution in [0.5, 0.6) is 0 Å². The first-order valence-electron chi connectivity index (χ1n) is 6.10. The van der Waals surface area contributed by atoms with Crippen LogP contribution < -0.4 is 5.73 Å². The molecule has 1 unspecified atom stereocenters. The van der Waals surface area contributed by atoms with Gasteiger partial charge in [0, 0.05) is 5.92 Å². The fraction of sp³-hybridized carbons (Fsp3) is 0.357. The van der Waals surface area contributed by atoms with E-state index < -0.39 is 0 Å². The van der Waals surface area contributed by atoms with E-state index >= 15 is 0 Å². The number of halogens is 2. The van der Waals surface area contributed by atoms with Gasteiger partial charge in [0.15, 0.2) is 0 Å². The van der Waals surface area contributed by atoms with E-state index in [1.54, 1.807) is 12.1 Å². The topological polar surface area (TPSA) is 52.0 Å². The van der Waals surface area contributed by atoms with Crippen molar-refractivity contribution in [3.8, 4) is 11.1 Å². The number of hydrogen-bond donors (Lipinski definition) is 1. The van der Waals surface area contributed by atoms with Crippen LogP contribution in [0.15, 0.2) is 22.7 Å². The summed E-state index contributed by atoms with van der Waals surface area (Å²) in [4.78, 5) is 0. The molecule has 19 heavy (non-hydrogen) atoms. The predicted octanol–water partition coefficient (Wildman–Crippen LogP) is 4.74. The summed E-state index contributed by atoms with van der Waals surface area (Å²) in [7, 11) is 0. The normalized spacial score (nSPS) is 20.5. The van der Waals surface area contributed by atoms with Gasteiger partial charge >= 0.3 is 0 Å². The van der Waals surface area contributed by atoms with Crippen LogP contribution >= 0.6 is 23.2 Å². The van der Waals surface area contributed by atoms with E-state index in [1.807, 2.05) is 6.07 Å². The lowest BCUT2D eigenvalue weighted by Gasteiger charge is -2.05. The second-order valence-electron chi connectivity index (χ2n) is 5.68. The number of benzene rings is 1. The summed E-state index contributed by atoms with van der Waals surface area (Å²) in [5.74, 6) is 0.717. The van der Waals surface area contributed by atoms with Gasteiger partial charge in [0.25, 0.3) is 0 Å². The molecule has 0 bridgehead atoms. The Hall–Kier alpha value is -1.19. The molecular weight excluding hydrogens is 283 g/mol. The van der Waals surface area contributed by atoms with Crippen molar-refractivity contribution >= 4 is 29.1 Å². The summed E-state index contributed by atoms with van der Waals surface area (Å²) in [5, 5.41) is 5.15. The van der Waals surface area contributed by atoms with Crippen LogP contribution in [0.2, 0.25) is 10.0 Å². The van der Waals surface area contributed by atoms with E-state index in [0.29, 0.717) is 21.8 Å². The Kier molecular flexibility index (Phi) is 2.80. The number of anilines is 1. The van der Waals surface area contributed by atoms with Crippen molar-refractivity contribution in [1.29, 1.82) is 0 Å². The van der Waals surface area contributed by atoms with Crippen LogP contribution in [-0.4, -0.2) is 5.16 Å². The third kappa shape index (κ3) is 2.11. The van der Waals surface area contributed by atoms with Crippen LogP contribution in [0.1, 0.15) is 31.9 Å². The molecule has 1 fully saturated rings. The molecule has 2 aromatic rings. The molecule has 0 saturated heterocycles. The van der Waals surface area contributed by atoms with Gasteiger partial charge in [0.1, 0.15) is 0 Å². The van der Waals surface area contributed by atoms with Gasteiger partial charge in [-0.2, -0.15) is 0 Å². The van der Waals surface area contributed by atoms with Crippen LogP contribution in [0, 0.1) is 5.41 Å². The van der Waals surface area contributed by atoms with Crippen LogP contribution in [0.25, 0.3) is 11.1 Å². The summed E-state index contributed by atoms with van der Waals surface area (Å²) in [6.45, 7) is 4.42. The zero-order valence-electron chi connectivity index (χ0n) is 10.7. The number of rotatable bonds is 2. The van der Waals surface area contributed by atoms with E-state index in [4.69, 9.17) is 33.5 Å². The minimum Gasteiger partial charge on any atom is -0.367 e. The fourth-order valence-electron chi connectivity index (χ4n) is 2.43. The molecular formula is C14H14Cl2N2O. The lowest BCUT2D eigenvalue weighted by atomic mass is 10.00. The van der Waals surface area contributed by atoms with Crippen molar-refractivity contribution in [3.63, 3.8) is 0 Å². The van der Waals surface area contributed by atoms with Gasteiger partial charge in [-0.15, -0.1) is 0 Å². The van der Waals surface area contributed by atoms with Gasteiger partial charge in [-0.3, -0.25) is 0 Å². The lowest BCUT2D eigenvalue weighted by molar-refractivity contribution is 0.424. The summed E-state index contributed by atoms with van der Waals surface area (Å²) in [6.07, 6.45) is 1.09. The van der Waals surface area contributed by atoms with Crippen molar-refractivity contribution < 1.29 is 4.52 Å². The molecule has 0 aliphatic heterocycles. The van der Waals surface area contributed by atoms with Crippen molar-refractivity contribution in [3.05, 3.63) is 33.9 Å². The van der Waals surface area contributed by atoms with Gasteiger partial charge in [-0.1, -0.05) is 48.3 Å². The second-order valence-corrected chi connectivity index (χ2v) is 6.50. The van der Waals surface area contributed by atoms with Gasteiger partial charge in [-0.05, 0) is 29.5 Å². The monoisotopic (exact) mass is 296 g/mol. The summed E-state index contributed by atoms with van der Waals surface area (Å²) in [6, 6.07) is 5.44. The lowest BCUT2D eigenvalue weighted by Crippen LogP contribution is -1.94. The van der Waals surface area contributed by atoms with Crippen molar-refractivity contribution in [2.75, 3.05) is 5.73 Å². The second kappa shape index (κ2) is 4.15. The molecule has 1 aromatic heterocycles. The highest BCUT2D eigenvalue weighted by Crippen LogP contribution is 2.60. The summed E-state index contributed by atoms with van der Waals surface area (Å²) < 4.78 is 5.17. The van der Waals surface area contributed by atoms with E-state index in [2.05, 4.69) is 19.0 Å². The zero-order valence-corrected chi connectivity index (χ0v) is 12.2. The zero-order chi connectivity index (χ0) is 13.8. The molecule has 5 heteroatoms. The molecule has 1 aromatic carbocycles. The molecule has 0 spiro atoms. The summed E-state index contributed by atoms with van der Waals surface area (Å²) >= 11 is 12.0. The molecule has 1 aliphatic carbocycles. The number of hydrogen-bond acceptors (Lipinski definition) is 3. The standard InChI is InChI=1S/C14H14Cl2N2O/c1-14(2)6-8(14)12-11(13(17)19-18-12)7-3-4-9(15)10(16)5-7/h3-5,8H,6,17H2,1-2H3. The Morgan fingerprint density at radius 2 is 2.00 bits per heavy atom. The average molecular weight is 297 g/mol. The minimum absolute atomic E-state index is 0.258. The Morgan fingerprint density at radius 1 is 1.32 bits per heavy atom. The van der Waals surface area contributed by atoms with Gasteiger partial charge in [0.2, 0.25) is 5.88 Å². The highest BCUT2D eigenvalue weighted by molar-refractivity contribution is 6.42. The molecule has 1 saturated carbocycles. The minimum atomic E-state index is 0.258. The molecule has 3 nitrogen and oxygen atoms in total. The van der Waals surface area contributed by atoms with E-state index in [1.165, 1.54) is 0 Å². The maximum atomic E-state index is 6.06. The number of nitrogens with zero attached hydrogens (tertiary/aromatic N) is 1. The molecule has 1 aliphatic rings. The molecule has 0 radical (unpaired) electrons. The quantitative estimate of drug-likeness (QED) is 0.870. The molecule has 3 rings (SSSR count). The SMILES string of the molecule is CC1(C)CC1c1noc(N)c1-c1ccc(Cl)c(Cl)c1. The first kappa shape index (κ1) is 12.8. The smallest absolute Gasteiger partial charge is 0.230 e. The predicted molar refractivity (Wildman–Crippen MR) is 77.5 cm³/mol. The third-order valence-corrected chi connectivity index (χ3v) is 4.54. The molecule has 100 valence electrons. The number of aromatic nitrogens is 1. The number of nitrogens with two attached hydrogens (primary N) is 1. The van der Waals surface area contributed by atoms with E-state index in [9.17, 15) is 0 Å². The largest absolute Gasteiger partial charge is 0.367 e. The maximum absolute atomic E-state index is 6.06. The van der Waals surface area contributed by atoms with Crippen molar-refractivity contribution in [2.45, 2.75) is 26.2 Å². The fourth-order valence-corrected chi connectivity index (χ4v) is 2.73. The van der Waals surface area contributed by atoms with Crippen molar-refractivity contribution in [1.82, 2.24) is 5.16 Å². The van der Waals surface area contributed by atoms with Crippen LogP contribution in [-0.2, 0) is 0 Å². The van der Waals surface area contributed by atoms with Crippen LogP contribution in [0.4, 0.5) is 5.88 Å². The molecule has 0 amide bonds.